The SMILES string of the molecule is COC(=O)c1ccccc1-c1cccc2c1oc1nc(-c3ccc4c(c3)C(C)(C)c3ccccc3-4)nc(-c3ccccc3)c12. The molecule has 5 nitrogen and oxygen atoms in total. The number of para-hydroxylation sites is 1. The Morgan fingerprint density at radius 2 is 1.39 bits per heavy atom. The summed E-state index contributed by atoms with van der Waals surface area (Å²) in [6.45, 7) is 4.54. The third-order valence-corrected chi connectivity index (χ3v) is 8.87. The zero-order valence-electron chi connectivity index (χ0n) is 24.6. The van der Waals surface area contributed by atoms with Gasteiger partial charge in [0.15, 0.2) is 5.82 Å². The number of methoxy groups -OCH3 is 1. The van der Waals surface area contributed by atoms with E-state index in [1.165, 1.54) is 29.4 Å². The van der Waals surface area contributed by atoms with Crippen molar-refractivity contribution in [1.82, 2.24) is 9.97 Å². The van der Waals surface area contributed by atoms with Crippen LogP contribution in [0, 0.1) is 0 Å². The molecule has 44 heavy (non-hydrogen) atoms. The van der Waals surface area contributed by atoms with Crippen molar-refractivity contribution in [2.24, 2.45) is 0 Å². The average Bonchev–Trinajstić information content (AvgIpc) is 3.56. The van der Waals surface area contributed by atoms with Crippen LogP contribution in [-0.4, -0.2) is 23.0 Å². The molecule has 8 rings (SSSR count). The molecule has 1 aliphatic rings. The molecule has 5 heteroatoms. The zero-order valence-corrected chi connectivity index (χ0v) is 24.6. The standard InChI is InChI=1S/C39H28N2O3/c1-39(2)31-19-10-9-15-26(31)27-21-20-24(22-32(27)39)36-40-34(23-12-5-4-6-13-23)33-30-18-11-17-28(35(30)44-37(33)41-36)25-14-7-8-16-29(25)38(42)43-3/h4-22H,1-3H3. The Morgan fingerprint density at radius 1 is 0.682 bits per heavy atom. The zero-order chi connectivity index (χ0) is 30.0. The Hall–Kier alpha value is -5.55. The normalized spacial score (nSPS) is 13.2. The molecule has 0 radical (unpaired) electrons. The number of hydrogen-bond donors (Lipinski definition) is 0. The maximum atomic E-state index is 12.7. The fraction of sp³-hybridized carbons (Fsp3) is 0.103. The van der Waals surface area contributed by atoms with Gasteiger partial charge in [0, 0.05) is 27.5 Å². The van der Waals surface area contributed by atoms with Gasteiger partial charge in [-0.15, -0.1) is 0 Å². The minimum atomic E-state index is -0.401. The van der Waals surface area contributed by atoms with E-state index in [0.717, 1.165) is 38.7 Å². The Bertz CT molecular complexity index is 2260. The highest BCUT2D eigenvalue weighted by atomic mass is 16.5. The quantitative estimate of drug-likeness (QED) is 0.197. The summed E-state index contributed by atoms with van der Waals surface area (Å²) in [5.74, 6) is 0.198. The van der Waals surface area contributed by atoms with Crippen molar-refractivity contribution in [3.05, 3.63) is 132 Å². The van der Waals surface area contributed by atoms with Crippen LogP contribution < -0.4 is 0 Å². The van der Waals surface area contributed by atoms with Crippen LogP contribution in [0.5, 0.6) is 0 Å². The molecule has 2 heterocycles. The lowest BCUT2D eigenvalue weighted by molar-refractivity contribution is 0.0601. The van der Waals surface area contributed by atoms with Gasteiger partial charge in [0.05, 0.1) is 23.8 Å². The van der Waals surface area contributed by atoms with Crippen LogP contribution in [0.25, 0.3) is 67.0 Å². The van der Waals surface area contributed by atoms with E-state index in [9.17, 15) is 4.79 Å². The van der Waals surface area contributed by atoms with Crippen LogP contribution in [0.2, 0.25) is 0 Å². The predicted molar refractivity (Wildman–Crippen MR) is 175 cm³/mol. The van der Waals surface area contributed by atoms with Gasteiger partial charge in [-0.25, -0.2) is 9.78 Å². The maximum absolute atomic E-state index is 12.7. The summed E-state index contributed by atoms with van der Waals surface area (Å²) in [7, 11) is 1.39. The van der Waals surface area contributed by atoms with Gasteiger partial charge < -0.3 is 9.15 Å². The van der Waals surface area contributed by atoms with Crippen molar-refractivity contribution in [3.8, 4) is 44.9 Å². The van der Waals surface area contributed by atoms with E-state index in [1.807, 2.05) is 54.6 Å². The van der Waals surface area contributed by atoms with Crippen molar-refractivity contribution < 1.29 is 13.9 Å². The number of benzene rings is 5. The van der Waals surface area contributed by atoms with E-state index >= 15 is 0 Å². The molecule has 0 fully saturated rings. The van der Waals surface area contributed by atoms with E-state index in [4.69, 9.17) is 19.1 Å². The monoisotopic (exact) mass is 572 g/mol. The number of nitrogens with zero attached hydrogens (tertiary/aromatic N) is 2. The maximum Gasteiger partial charge on any atom is 0.338 e. The molecule has 0 atom stereocenters. The average molecular weight is 573 g/mol. The molecule has 0 bridgehead atoms. The third-order valence-electron chi connectivity index (χ3n) is 8.87. The van der Waals surface area contributed by atoms with Crippen molar-refractivity contribution in [2.45, 2.75) is 19.3 Å². The lowest BCUT2D eigenvalue weighted by Crippen LogP contribution is -2.15. The van der Waals surface area contributed by atoms with Gasteiger partial charge in [0.25, 0.3) is 0 Å². The number of carbonyl (C=O) groups is 1. The van der Waals surface area contributed by atoms with E-state index in [0.29, 0.717) is 22.7 Å². The minimum absolute atomic E-state index is 0.143. The largest absolute Gasteiger partial charge is 0.465 e. The first-order valence-electron chi connectivity index (χ1n) is 14.7. The molecule has 2 aromatic heterocycles. The number of fused-ring (bicyclic) bond motifs is 6. The molecule has 0 saturated heterocycles. The fourth-order valence-electron chi connectivity index (χ4n) is 6.69. The predicted octanol–water partition coefficient (Wildman–Crippen LogP) is 9.47. The summed E-state index contributed by atoms with van der Waals surface area (Å²) in [5.41, 5.74) is 10.8. The third kappa shape index (κ3) is 3.82. The summed E-state index contributed by atoms with van der Waals surface area (Å²) in [5, 5.41) is 1.72. The van der Waals surface area contributed by atoms with Crippen LogP contribution in [-0.2, 0) is 10.2 Å². The van der Waals surface area contributed by atoms with Gasteiger partial charge in [0.2, 0.25) is 5.71 Å². The van der Waals surface area contributed by atoms with Crippen molar-refractivity contribution in [1.29, 1.82) is 0 Å². The molecule has 0 N–H and O–H groups in total. The van der Waals surface area contributed by atoms with Gasteiger partial charge in [-0.2, -0.15) is 4.98 Å². The van der Waals surface area contributed by atoms with Gasteiger partial charge in [-0.3, -0.25) is 0 Å². The topological polar surface area (TPSA) is 65.2 Å². The highest BCUT2D eigenvalue weighted by molar-refractivity contribution is 6.15. The molecule has 212 valence electrons. The molecule has 5 aromatic carbocycles. The van der Waals surface area contributed by atoms with Crippen LogP contribution >= 0.6 is 0 Å². The molecule has 0 saturated carbocycles. The van der Waals surface area contributed by atoms with Crippen LogP contribution in [0.15, 0.2) is 120 Å². The highest BCUT2D eigenvalue weighted by Crippen LogP contribution is 2.49. The molecular weight excluding hydrogens is 544 g/mol. The Morgan fingerprint density at radius 3 is 2.20 bits per heavy atom. The number of hydrogen-bond acceptors (Lipinski definition) is 5. The smallest absolute Gasteiger partial charge is 0.338 e. The summed E-state index contributed by atoms with van der Waals surface area (Å²) >= 11 is 0. The second-order valence-corrected chi connectivity index (χ2v) is 11.7. The highest BCUT2D eigenvalue weighted by Gasteiger charge is 2.35. The van der Waals surface area contributed by atoms with Gasteiger partial charge in [0.1, 0.15) is 5.58 Å². The molecule has 0 unspecified atom stereocenters. The van der Waals surface area contributed by atoms with Crippen molar-refractivity contribution in [2.75, 3.05) is 7.11 Å². The summed E-state index contributed by atoms with van der Waals surface area (Å²) in [6.07, 6.45) is 0. The molecule has 0 spiro atoms. The van der Waals surface area contributed by atoms with E-state index in [1.54, 1.807) is 6.07 Å². The first-order valence-corrected chi connectivity index (χ1v) is 14.7. The number of rotatable bonds is 4. The second-order valence-electron chi connectivity index (χ2n) is 11.7. The first-order chi connectivity index (χ1) is 21.5. The molecule has 0 amide bonds. The van der Waals surface area contributed by atoms with Crippen LogP contribution in [0.4, 0.5) is 0 Å². The Kier molecular flexibility index (Phi) is 5.78. The van der Waals surface area contributed by atoms with Crippen LogP contribution in [0.3, 0.4) is 0 Å². The number of carbonyl (C=O) groups excluding carboxylic acids is 1. The van der Waals surface area contributed by atoms with Crippen molar-refractivity contribution >= 4 is 28.0 Å². The molecular formula is C39H28N2O3. The molecule has 1 aliphatic carbocycles. The lowest BCUT2D eigenvalue weighted by atomic mass is 9.82. The van der Waals surface area contributed by atoms with E-state index < -0.39 is 5.97 Å². The summed E-state index contributed by atoms with van der Waals surface area (Å²) in [6, 6.07) is 38.7. The number of aromatic nitrogens is 2. The van der Waals surface area contributed by atoms with Crippen LogP contribution in [0.1, 0.15) is 35.3 Å². The van der Waals surface area contributed by atoms with Gasteiger partial charge in [-0.05, 0) is 39.9 Å². The summed E-state index contributed by atoms with van der Waals surface area (Å²) in [4.78, 5) is 22.9. The lowest BCUT2D eigenvalue weighted by Gasteiger charge is -2.21. The number of ether oxygens (including phenoxy) is 1. The van der Waals surface area contributed by atoms with Gasteiger partial charge in [-0.1, -0.05) is 117 Å². The van der Waals surface area contributed by atoms with Crippen molar-refractivity contribution in [3.63, 3.8) is 0 Å². The Labute approximate surface area is 254 Å². The van der Waals surface area contributed by atoms with Gasteiger partial charge >= 0.3 is 5.97 Å². The molecule has 0 aliphatic heterocycles. The molecule has 7 aromatic rings. The fourth-order valence-corrected chi connectivity index (χ4v) is 6.69. The summed E-state index contributed by atoms with van der Waals surface area (Å²) < 4.78 is 11.7. The Balaban J connectivity index is 1.38. The second kappa shape index (κ2) is 9.75. The first kappa shape index (κ1) is 26.1. The number of furan rings is 1. The minimum Gasteiger partial charge on any atom is -0.465 e. The van der Waals surface area contributed by atoms with E-state index in [-0.39, 0.29) is 5.41 Å². The van der Waals surface area contributed by atoms with E-state index in [2.05, 4.69) is 68.4 Å². The number of esters is 1.